The van der Waals surface area contributed by atoms with Gasteiger partial charge in [0.25, 0.3) is 0 Å². The average molecular weight is 253 g/mol. The summed E-state index contributed by atoms with van der Waals surface area (Å²) >= 11 is 1.86. The van der Waals surface area contributed by atoms with E-state index in [1.54, 1.807) is 0 Å². The first-order chi connectivity index (χ1) is 8.08. The minimum atomic E-state index is -0.161. The van der Waals surface area contributed by atoms with Crippen molar-refractivity contribution < 1.29 is 5.11 Å². The summed E-state index contributed by atoms with van der Waals surface area (Å²) in [5.41, 5.74) is 1.39. The molecule has 3 atom stereocenters. The van der Waals surface area contributed by atoms with Crippen LogP contribution in [0.25, 0.3) is 0 Å². The maximum atomic E-state index is 9.98. The van der Waals surface area contributed by atoms with E-state index in [0.717, 1.165) is 12.8 Å². The Hall–Kier alpha value is -0.380. The molecule has 96 valence electrons. The van der Waals surface area contributed by atoms with Crippen molar-refractivity contribution in [3.05, 3.63) is 21.4 Å². The molecule has 1 aromatic heterocycles. The van der Waals surface area contributed by atoms with Crippen LogP contribution in [-0.2, 0) is 0 Å². The van der Waals surface area contributed by atoms with Gasteiger partial charge in [0.2, 0.25) is 0 Å². The molecule has 0 aromatic carbocycles. The van der Waals surface area contributed by atoms with Crippen LogP contribution in [0.4, 0.5) is 0 Å². The summed E-state index contributed by atoms with van der Waals surface area (Å²) in [6, 6.07) is 2.89. The van der Waals surface area contributed by atoms with Gasteiger partial charge < -0.3 is 10.4 Å². The quantitative estimate of drug-likeness (QED) is 0.866. The molecular weight excluding hydrogens is 230 g/mol. The molecule has 2 nitrogen and oxygen atoms in total. The highest BCUT2D eigenvalue weighted by molar-refractivity contribution is 7.12. The summed E-state index contributed by atoms with van der Waals surface area (Å²) in [5.74, 6) is 0. The Morgan fingerprint density at radius 1 is 1.35 bits per heavy atom. The van der Waals surface area contributed by atoms with Gasteiger partial charge in [0.05, 0.1) is 6.10 Å². The van der Waals surface area contributed by atoms with Crippen LogP contribution in [0.2, 0.25) is 0 Å². The molecule has 3 heteroatoms. The largest absolute Gasteiger partial charge is 0.392 e. The fraction of sp³-hybridized carbons (Fsp3) is 0.714. The molecule has 0 bridgehead atoms. The van der Waals surface area contributed by atoms with E-state index in [1.165, 1.54) is 28.2 Å². The Morgan fingerprint density at radius 3 is 2.65 bits per heavy atom. The second kappa shape index (κ2) is 5.51. The van der Waals surface area contributed by atoms with Crippen LogP contribution in [0.5, 0.6) is 0 Å². The molecule has 1 heterocycles. The number of rotatable bonds is 3. The fourth-order valence-electron chi connectivity index (χ4n) is 2.80. The normalized spacial score (nSPS) is 27.1. The molecule has 1 unspecified atom stereocenters. The van der Waals surface area contributed by atoms with E-state index in [4.69, 9.17) is 0 Å². The van der Waals surface area contributed by atoms with Crippen LogP contribution in [0.3, 0.4) is 0 Å². The average Bonchev–Trinajstić information content (AvgIpc) is 2.61. The van der Waals surface area contributed by atoms with Crippen molar-refractivity contribution >= 4 is 11.3 Å². The lowest BCUT2D eigenvalue weighted by Crippen LogP contribution is -2.43. The maximum absolute atomic E-state index is 9.98. The highest BCUT2D eigenvalue weighted by atomic mass is 32.1. The van der Waals surface area contributed by atoms with Crippen LogP contribution in [0.1, 0.15) is 54.0 Å². The number of nitrogens with one attached hydrogen (secondary N) is 1. The molecule has 0 amide bonds. The van der Waals surface area contributed by atoms with E-state index >= 15 is 0 Å². The molecule has 1 fully saturated rings. The van der Waals surface area contributed by atoms with Crippen molar-refractivity contribution in [2.24, 2.45) is 0 Å². The molecule has 2 rings (SSSR count). The summed E-state index contributed by atoms with van der Waals surface area (Å²) in [6.07, 6.45) is 4.30. The van der Waals surface area contributed by atoms with Gasteiger partial charge in [0.15, 0.2) is 0 Å². The molecule has 1 aliphatic rings. The summed E-state index contributed by atoms with van der Waals surface area (Å²) in [6.45, 7) is 6.54. The lowest BCUT2D eigenvalue weighted by molar-refractivity contribution is 0.0859. The van der Waals surface area contributed by atoms with Crippen molar-refractivity contribution in [3.63, 3.8) is 0 Å². The van der Waals surface area contributed by atoms with E-state index in [2.05, 4.69) is 32.2 Å². The topological polar surface area (TPSA) is 32.3 Å². The molecule has 0 spiro atoms. The van der Waals surface area contributed by atoms with Crippen molar-refractivity contribution in [2.45, 2.75) is 64.6 Å². The fourth-order valence-corrected chi connectivity index (χ4v) is 3.82. The summed E-state index contributed by atoms with van der Waals surface area (Å²) in [5, 5.41) is 13.6. The van der Waals surface area contributed by atoms with Crippen LogP contribution in [0, 0.1) is 13.8 Å². The highest BCUT2D eigenvalue weighted by Gasteiger charge is 2.25. The molecule has 0 radical (unpaired) electrons. The molecule has 0 saturated heterocycles. The molecule has 1 saturated carbocycles. The number of hydrogen-bond acceptors (Lipinski definition) is 3. The predicted octanol–water partition coefficient (Wildman–Crippen LogP) is 3.32. The Labute approximate surface area is 108 Å². The van der Waals surface area contributed by atoms with Gasteiger partial charge in [0.1, 0.15) is 0 Å². The standard InChI is InChI=1S/C14H23NOS/c1-9-8-12(11(3)17-9)10(2)15-13-6-4-5-7-14(13)16/h8,10,13-16H,4-7H2,1-3H3/t10?,13-,14-/m1/s1. The Bertz CT molecular complexity index is 374. The Balaban J connectivity index is 2.00. The van der Waals surface area contributed by atoms with Crippen molar-refractivity contribution in [1.82, 2.24) is 5.32 Å². The van der Waals surface area contributed by atoms with Gasteiger partial charge in [-0.1, -0.05) is 12.8 Å². The van der Waals surface area contributed by atoms with E-state index < -0.39 is 0 Å². The summed E-state index contributed by atoms with van der Waals surface area (Å²) < 4.78 is 0. The number of aliphatic hydroxyl groups is 1. The number of aliphatic hydroxyl groups excluding tert-OH is 1. The summed E-state index contributed by atoms with van der Waals surface area (Å²) in [4.78, 5) is 2.77. The molecule has 2 N–H and O–H groups in total. The first kappa shape index (κ1) is 13.1. The smallest absolute Gasteiger partial charge is 0.0693 e. The second-order valence-electron chi connectivity index (χ2n) is 5.22. The summed E-state index contributed by atoms with van der Waals surface area (Å²) in [7, 11) is 0. The van der Waals surface area contributed by atoms with Crippen molar-refractivity contribution in [1.29, 1.82) is 0 Å². The van der Waals surface area contributed by atoms with Crippen LogP contribution < -0.4 is 5.32 Å². The van der Waals surface area contributed by atoms with Gasteiger partial charge in [-0.25, -0.2) is 0 Å². The van der Waals surface area contributed by atoms with Gasteiger partial charge >= 0.3 is 0 Å². The van der Waals surface area contributed by atoms with Crippen molar-refractivity contribution in [2.75, 3.05) is 0 Å². The zero-order chi connectivity index (χ0) is 12.4. The molecule has 1 aliphatic carbocycles. The number of thiophene rings is 1. The maximum Gasteiger partial charge on any atom is 0.0693 e. The van der Waals surface area contributed by atoms with Gasteiger partial charge in [-0.15, -0.1) is 11.3 Å². The van der Waals surface area contributed by atoms with E-state index in [0.29, 0.717) is 6.04 Å². The first-order valence-electron chi connectivity index (χ1n) is 6.59. The Kier molecular flexibility index (Phi) is 4.23. The van der Waals surface area contributed by atoms with Crippen molar-refractivity contribution in [3.8, 4) is 0 Å². The third kappa shape index (κ3) is 3.09. The van der Waals surface area contributed by atoms with E-state index in [1.807, 2.05) is 11.3 Å². The monoisotopic (exact) mass is 253 g/mol. The third-order valence-corrected chi connectivity index (χ3v) is 4.72. The van der Waals surface area contributed by atoms with Gasteiger partial charge in [0, 0.05) is 21.8 Å². The molecule has 17 heavy (non-hydrogen) atoms. The highest BCUT2D eigenvalue weighted by Crippen LogP contribution is 2.28. The minimum Gasteiger partial charge on any atom is -0.392 e. The zero-order valence-corrected chi connectivity index (χ0v) is 11.8. The molecule has 0 aliphatic heterocycles. The lowest BCUT2D eigenvalue weighted by atomic mass is 9.91. The molecule has 1 aromatic rings. The molecular formula is C14H23NOS. The van der Waals surface area contributed by atoms with Crippen LogP contribution in [-0.4, -0.2) is 17.3 Å². The van der Waals surface area contributed by atoms with E-state index in [-0.39, 0.29) is 12.1 Å². The van der Waals surface area contributed by atoms with E-state index in [9.17, 15) is 5.11 Å². The first-order valence-corrected chi connectivity index (χ1v) is 7.40. The van der Waals surface area contributed by atoms with Gasteiger partial charge in [-0.2, -0.15) is 0 Å². The second-order valence-corrected chi connectivity index (χ2v) is 6.68. The van der Waals surface area contributed by atoms with Crippen LogP contribution >= 0.6 is 11.3 Å². The lowest BCUT2D eigenvalue weighted by Gasteiger charge is -2.31. The third-order valence-electron chi connectivity index (χ3n) is 3.74. The Morgan fingerprint density at radius 2 is 2.06 bits per heavy atom. The zero-order valence-electron chi connectivity index (χ0n) is 11.0. The van der Waals surface area contributed by atoms with Gasteiger partial charge in [-0.05, 0) is 45.2 Å². The minimum absolute atomic E-state index is 0.161. The predicted molar refractivity (Wildman–Crippen MR) is 73.6 cm³/mol. The number of hydrogen-bond donors (Lipinski definition) is 2. The van der Waals surface area contributed by atoms with Gasteiger partial charge in [-0.3, -0.25) is 0 Å². The SMILES string of the molecule is Cc1cc(C(C)N[C@@H]2CCCC[C@H]2O)c(C)s1. The number of aryl methyl sites for hydroxylation is 2. The van der Waals surface area contributed by atoms with Crippen LogP contribution in [0.15, 0.2) is 6.07 Å².